The molecule has 0 fully saturated rings. The van der Waals surface area contributed by atoms with Gasteiger partial charge < -0.3 is 11.1 Å². The van der Waals surface area contributed by atoms with Crippen LogP contribution in [0.5, 0.6) is 0 Å². The number of hydrogen-bond acceptors (Lipinski definition) is 9. The highest BCUT2D eigenvalue weighted by atomic mass is 35.5. The van der Waals surface area contributed by atoms with E-state index in [2.05, 4.69) is 21.6 Å². The zero-order chi connectivity index (χ0) is 27.7. The van der Waals surface area contributed by atoms with Crippen molar-refractivity contribution in [2.75, 3.05) is 16.0 Å². The zero-order valence-corrected chi connectivity index (χ0v) is 22.5. The lowest BCUT2D eigenvalue weighted by Crippen LogP contribution is -2.39. The maximum atomic E-state index is 15.0. The summed E-state index contributed by atoms with van der Waals surface area (Å²) in [6.07, 6.45) is 1.22. The lowest BCUT2D eigenvalue weighted by atomic mass is 9.75. The number of halogens is 3. The molecule has 3 N–H and O–H groups in total. The van der Waals surface area contributed by atoms with E-state index in [1.54, 1.807) is 6.07 Å². The van der Waals surface area contributed by atoms with Gasteiger partial charge in [0, 0.05) is 28.3 Å². The van der Waals surface area contributed by atoms with Crippen LogP contribution in [0.25, 0.3) is 0 Å². The number of rotatable bonds is 6. The van der Waals surface area contributed by atoms with Crippen molar-refractivity contribution in [3.63, 3.8) is 0 Å². The summed E-state index contributed by atoms with van der Waals surface area (Å²) in [5.41, 5.74) is 7.32. The molecule has 1 aromatic heterocycles. The van der Waals surface area contributed by atoms with E-state index in [0.29, 0.717) is 22.9 Å². The number of nitrogens with zero attached hydrogens (tertiary/aromatic N) is 4. The van der Waals surface area contributed by atoms with Gasteiger partial charge in [0.1, 0.15) is 17.5 Å². The molecule has 0 saturated heterocycles. The number of carbonyl (C=O) groups excluding carboxylic acids is 2. The monoisotopic (exact) mass is 584 g/mol. The lowest BCUT2D eigenvalue weighted by Gasteiger charge is -2.38. The van der Waals surface area contributed by atoms with Gasteiger partial charge in [-0.1, -0.05) is 52.9 Å². The van der Waals surface area contributed by atoms with Gasteiger partial charge in [0.05, 0.1) is 29.0 Å². The minimum absolute atomic E-state index is 0.000246. The first-order chi connectivity index (χ1) is 18.8. The van der Waals surface area contributed by atoms with Crippen molar-refractivity contribution in [3.05, 3.63) is 87.3 Å². The number of carbonyl (C=O) groups is 2. The van der Waals surface area contributed by atoms with Crippen LogP contribution in [0.4, 0.5) is 19.6 Å². The largest absolute Gasteiger partial charge is 0.384 e. The average molecular weight is 585 g/mol. The fourth-order valence-corrected chi connectivity index (χ4v) is 6.56. The van der Waals surface area contributed by atoms with Crippen LogP contribution >= 0.6 is 34.7 Å². The standard InChI is InChI=1S/C26H19ClF2N6O2S2/c27-14-5-3-7-16(29)22(14)21-13(11-30)24(31)35(18-9-4-10-19(36)23(18)21)25-33-34-26(39-25)38-12-20(37)32-17-8-2-1-6-15(17)28/h1-3,5-8,21H,4,9-10,12,31H2,(H,32,37). The van der Waals surface area contributed by atoms with Gasteiger partial charge in [0.15, 0.2) is 10.1 Å². The van der Waals surface area contributed by atoms with Gasteiger partial charge in [0.25, 0.3) is 0 Å². The molecule has 2 aromatic carbocycles. The molecule has 8 nitrogen and oxygen atoms in total. The lowest BCUT2D eigenvalue weighted by molar-refractivity contribution is -0.116. The third-order valence-electron chi connectivity index (χ3n) is 6.26. The van der Waals surface area contributed by atoms with Crippen LogP contribution < -0.4 is 16.0 Å². The van der Waals surface area contributed by atoms with Crippen LogP contribution in [0.15, 0.2) is 69.5 Å². The number of nitriles is 1. The Morgan fingerprint density at radius 3 is 2.72 bits per heavy atom. The highest BCUT2D eigenvalue weighted by Gasteiger charge is 2.42. The molecule has 39 heavy (non-hydrogen) atoms. The number of ketones is 1. The predicted molar refractivity (Wildman–Crippen MR) is 145 cm³/mol. The molecule has 1 aliphatic carbocycles. The number of aromatic nitrogens is 2. The van der Waals surface area contributed by atoms with E-state index in [1.807, 2.05) is 0 Å². The van der Waals surface area contributed by atoms with E-state index in [1.165, 1.54) is 41.3 Å². The Bertz CT molecular complexity index is 1580. The van der Waals surface area contributed by atoms with Gasteiger partial charge in [-0.3, -0.25) is 14.5 Å². The number of Topliss-reactive ketones (excluding diaryl/α,β-unsaturated/α-hetero) is 1. The van der Waals surface area contributed by atoms with E-state index >= 15 is 4.39 Å². The van der Waals surface area contributed by atoms with E-state index in [0.717, 1.165) is 23.1 Å². The molecule has 1 amide bonds. The van der Waals surface area contributed by atoms with Crippen molar-refractivity contribution in [2.45, 2.75) is 29.5 Å². The maximum Gasteiger partial charge on any atom is 0.234 e. The minimum atomic E-state index is -1.05. The molecule has 1 aliphatic heterocycles. The summed E-state index contributed by atoms with van der Waals surface area (Å²) >= 11 is 8.55. The van der Waals surface area contributed by atoms with Gasteiger partial charge in [-0.2, -0.15) is 5.26 Å². The highest BCUT2D eigenvalue weighted by Crippen LogP contribution is 2.48. The number of amides is 1. The molecule has 1 atom stereocenters. The first kappa shape index (κ1) is 26.8. The van der Waals surface area contributed by atoms with E-state index in [9.17, 15) is 19.2 Å². The third kappa shape index (κ3) is 5.13. The number of nitrogens with two attached hydrogens (primary N) is 1. The fraction of sp³-hybridized carbons (Fsp3) is 0.192. The normalized spacial score (nSPS) is 17.2. The van der Waals surface area contributed by atoms with Crippen LogP contribution in [0.3, 0.4) is 0 Å². The SMILES string of the molecule is N#CC1=C(N)N(c2nnc(SCC(=O)Nc3ccccc3F)s2)C2=C(C(=O)CCC2)C1c1c(F)cccc1Cl. The second-order valence-electron chi connectivity index (χ2n) is 8.62. The number of thioether (sulfide) groups is 1. The van der Waals surface area contributed by atoms with Crippen LogP contribution in [-0.4, -0.2) is 27.6 Å². The molecule has 13 heteroatoms. The zero-order valence-electron chi connectivity index (χ0n) is 20.1. The molecule has 0 radical (unpaired) electrons. The van der Waals surface area contributed by atoms with Crippen molar-refractivity contribution in [1.82, 2.24) is 10.2 Å². The Balaban J connectivity index is 1.46. The summed E-state index contributed by atoms with van der Waals surface area (Å²) in [4.78, 5) is 27.0. The van der Waals surface area contributed by atoms with Gasteiger partial charge in [0.2, 0.25) is 11.0 Å². The van der Waals surface area contributed by atoms with Gasteiger partial charge in [-0.25, -0.2) is 8.78 Å². The quantitative estimate of drug-likeness (QED) is 0.364. The summed E-state index contributed by atoms with van der Waals surface area (Å²) in [5.74, 6) is -2.95. The Morgan fingerprint density at radius 1 is 1.21 bits per heavy atom. The van der Waals surface area contributed by atoms with Crippen molar-refractivity contribution >= 4 is 57.2 Å². The topological polar surface area (TPSA) is 125 Å². The molecular formula is C26H19ClF2N6O2S2. The van der Waals surface area contributed by atoms with Gasteiger partial charge >= 0.3 is 0 Å². The summed E-state index contributed by atoms with van der Waals surface area (Å²) in [7, 11) is 0. The molecule has 2 heterocycles. The van der Waals surface area contributed by atoms with Crippen molar-refractivity contribution in [1.29, 1.82) is 5.26 Å². The number of nitrogens with one attached hydrogen (secondary N) is 1. The van der Waals surface area contributed by atoms with Crippen molar-refractivity contribution in [2.24, 2.45) is 5.73 Å². The number of allylic oxidation sites excluding steroid dienone is 3. The first-order valence-corrected chi connectivity index (χ1v) is 13.9. The molecule has 5 rings (SSSR count). The molecule has 0 saturated carbocycles. The molecule has 1 unspecified atom stereocenters. The smallest absolute Gasteiger partial charge is 0.234 e. The Labute approximate surface area is 235 Å². The van der Waals surface area contributed by atoms with Gasteiger partial charge in [-0.15, -0.1) is 10.2 Å². The van der Waals surface area contributed by atoms with Crippen LogP contribution in [0.2, 0.25) is 5.02 Å². The van der Waals surface area contributed by atoms with Gasteiger partial charge in [-0.05, 0) is 37.1 Å². The van der Waals surface area contributed by atoms with Crippen LogP contribution in [0, 0.1) is 23.0 Å². The molecule has 0 spiro atoms. The number of para-hydroxylation sites is 1. The summed E-state index contributed by atoms with van der Waals surface area (Å²) < 4.78 is 29.3. The van der Waals surface area contributed by atoms with E-state index < -0.39 is 23.5 Å². The average Bonchev–Trinajstić information content (AvgIpc) is 3.37. The summed E-state index contributed by atoms with van der Waals surface area (Å²) in [6.45, 7) is 0. The molecule has 0 bridgehead atoms. The fourth-order valence-electron chi connectivity index (χ4n) is 4.61. The molecule has 2 aliphatic rings. The molecule has 3 aromatic rings. The van der Waals surface area contributed by atoms with Crippen LogP contribution in [-0.2, 0) is 9.59 Å². The number of hydrogen-bond donors (Lipinski definition) is 2. The maximum absolute atomic E-state index is 15.0. The first-order valence-electron chi connectivity index (χ1n) is 11.7. The van der Waals surface area contributed by atoms with Crippen molar-refractivity contribution < 1.29 is 18.4 Å². The minimum Gasteiger partial charge on any atom is -0.384 e. The Kier molecular flexibility index (Phi) is 7.65. The number of benzene rings is 2. The van der Waals surface area contributed by atoms with E-state index in [-0.39, 0.29) is 56.3 Å². The highest BCUT2D eigenvalue weighted by molar-refractivity contribution is 8.01. The second-order valence-corrected chi connectivity index (χ2v) is 11.2. The second kappa shape index (κ2) is 11.1. The number of anilines is 2. The Morgan fingerprint density at radius 2 is 1.97 bits per heavy atom. The van der Waals surface area contributed by atoms with Crippen LogP contribution in [0.1, 0.15) is 30.7 Å². The van der Waals surface area contributed by atoms with Crippen molar-refractivity contribution in [3.8, 4) is 6.07 Å². The van der Waals surface area contributed by atoms with E-state index in [4.69, 9.17) is 17.3 Å². The predicted octanol–water partition coefficient (Wildman–Crippen LogP) is 5.51. The molecular weight excluding hydrogens is 566 g/mol. The summed E-state index contributed by atoms with van der Waals surface area (Å²) in [6, 6.07) is 12.1. The third-order valence-corrected chi connectivity index (χ3v) is 8.63. The molecule has 198 valence electrons. The Hall–Kier alpha value is -3.79. The summed E-state index contributed by atoms with van der Waals surface area (Å²) in [5, 5.41) is 21.3.